The molecule has 0 aliphatic rings. The molecule has 22 heavy (non-hydrogen) atoms. The lowest BCUT2D eigenvalue weighted by molar-refractivity contribution is -0.105. The Hall–Kier alpha value is -3.07. The summed E-state index contributed by atoms with van der Waals surface area (Å²) in [4.78, 5) is 10.9. The van der Waals surface area contributed by atoms with Crippen LogP contribution >= 0.6 is 0 Å². The zero-order chi connectivity index (χ0) is 15.4. The number of phenolic OH excluding ortho intramolecular Hbond substituents is 1. The lowest BCUT2D eigenvalue weighted by Crippen LogP contribution is -1.97. The summed E-state index contributed by atoms with van der Waals surface area (Å²) in [6.45, 7) is 0. The van der Waals surface area contributed by atoms with Crippen LogP contribution in [0.5, 0.6) is 5.75 Å². The van der Waals surface area contributed by atoms with Gasteiger partial charge in [0.2, 0.25) is 6.41 Å². The summed E-state index contributed by atoms with van der Waals surface area (Å²) in [7, 11) is 0. The van der Waals surface area contributed by atoms with E-state index in [1.54, 1.807) is 12.1 Å². The second kappa shape index (κ2) is 6.14. The normalized spacial score (nSPS) is 10.2. The molecule has 108 valence electrons. The summed E-state index contributed by atoms with van der Waals surface area (Å²) < 4.78 is 0. The standard InChI is InChI=1S/C19H15NO2/c21-13-20-18-11-17(15-9-5-2-6-10-15)19(22)12-16(18)14-7-3-1-4-8-14/h1-13,22H,(H,20,21). The maximum absolute atomic E-state index is 10.9. The first-order valence-corrected chi connectivity index (χ1v) is 6.97. The van der Waals surface area contributed by atoms with E-state index in [1.807, 2.05) is 60.7 Å². The van der Waals surface area contributed by atoms with Gasteiger partial charge >= 0.3 is 0 Å². The third-order valence-corrected chi connectivity index (χ3v) is 3.52. The van der Waals surface area contributed by atoms with Gasteiger partial charge in [-0.2, -0.15) is 0 Å². The molecule has 0 saturated carbocycles. The highest BCUT2D eigenvalue weighted by Crippen LogP contribution is 2.38. The molecule has 0 radical (unpaired) electrons. The van der Waals surface area contributed by atoms with Gasteiger partial charge in [-0.05, 0) is 23.3 Å². The molecule has 0 aromatic heterocycles. The third-order valence-electron chi connectivity index (χ3n) is 3.52. The van der Waals surface area contributed by atoms with Gasteiger partial charge in [0.1, 0.15) is 5.75 Å². The third kappa shape index (κ3) is 2.69. The molecule has 0 unspecified atom stereocenters. The lowest BCUT2D eigenvalue weighted by atomic mass is 9.97. The van der Waals surface area contributed by atoms with Gasteiger partial charge < -0.3 is 10.4 Å². The van der Waals surface area contributed by atoms with Crippen molar-refractivity contribution < 1.29 is 9.90 Å². The number of nitrogens with one attached hydrogen (secondary N) is 1. The van der Waals surface area contributed by atoms with Crippen LogP contribution in [-0.4, -0.2) is 11.5 Å². The SMILES string of the molecule is O=CNc1cc(-c2ccccc2)c(O)cc1-c1ccccc1. The number of anilines is 1. The fourth-order valence-electron chi connectivity index (χ4n) is 2.48. The van der Waals surface area contributed by atoms with Crippen LogP contribution in [0.1, 0.15) is 0 Å². The minimum Gasteiger partial charge on any atom is -0.507 e. The Morgan fingerprint density at radius 3 is 1.86 bits per heavy atom. The summed E-state index contributed by atoms with van der Waals surface area (Å²) in [5.41, 5.74) is 3.96. The van der Waals surface area contributed by atoms with Crippen LogP contribution in [0.25, 0.3) is 22.3 Å². The van der Waals surface area contributed by atoms with Crippen LogP contribution in [0.15, 0.2) is 72.8 Å². The Kier molecular flexibility index (Phi) is 3.88. The van der Waals surface area contributed by atoms with Gasteiger partial charge in [0, 0.05) is 16.8 Å². The van der Waals surface area contributed by atoms with Crippen LogP contribution < -0.4 is 5.32 Å². The molecule has 0 aliphatic heterocycles. The highest BCUT2D eigenvalue weighted by molar-refractivity contribution is 5.90. The van der Waals surface area contributed by atoms with E-state index in [4.69, 9.17) is 0 Å². The minimum atomic E-state index is 0.182. The van der Waals surface area contributed by atoms with Gasteiger partial charge in [-0.1, -0.05) is 60.7 Å². The predicted octanol–water partition coefficient (Wildman–Crippen LogP) is 4.29. The van der Waals surface area contributed by atoms with E-state index in [2.05, 4.69) is 5.32 Å². The molecule has 1 amide bonds. The van der Waals surface area contributed by atoms with Crippen molar-refractivity contribution in [3.05, 3.63) is 72.8 Å². The number of phenols is 1. The number of rotatable bonds is 4. The smallest absolute Gasteiger partial charge is 0.211 e. The van der Waals surface area contributed by atoms with Crippen molar-refractivity contribution in [2.75, 3.05) is 5.32 Å². The first-order chi connectivity index (χ1) is 10.8. The fraction of sp³-hybridized carbons (Fsp3) is 0. The Labute approximate surface area is 128 Å². The van der Waals surface area contributed by atoms with Gasteiger partial charge in [-0.25, -0.2) is 0 Å². The number of hydrogen-bond donors (Lipinski definition) is 2. The first-order valence-electron chi connectivity index (χ1n) is 6.97. The zero-order valence-corrected chi connectivity index (χ0v) is 11.9. The maximum atomic E-state index is 10.9. The number of aromatic hydroxyl groups is 1. The minimum absolute atomic E-state index is 0.182. The van der Waals surface area contributed by atoms with E-state index in [0.29, 0.717) is 17.7 Å². The topological polar surface area (TPSA) is 49.3 Å². The second-order valence-electron chi connectivity index (χ2n) is 4.91. The quantitative estimate of drug-likeness (QED) is 0.556. The molecule has 0 atom stereocenters. The van der Waals surface area contributed by atoms with Gasteiger partial charge in [0.15, 0.2) is 0 Å². The van der Waals surface area contributed by atoms with E-state index in [0.717, 1.165) is 16.7 Å². The number of carbonyl (C=O) groups excluding carboxylic acids is 1. The molecule has 0 fully saturated rings. The Morgan fingerprint density at radius 1 is 0.773 bits per heavy atom. The van der Waals surface area contributed by atoms with Crippen molar-refractivity contribution in [3.63, 3.8) is 0 Å². The average molecular weight is 289 g/mol. The summed E-state index contributed by atoms with van der Waals surface area (Å²) >= 11 is 0. The van der Waals surface area contributed by atoms with Crippen LogP contribution in [0.3, 0.4) is 0 Å². The molecule has 0 bridgehead atoms. The molecule has 2 N–H and O–H groups in total. The van der Waals surface area contributed by atoms with Crippen LogP contribution in [-0.2, 0) is 4.79 Å². The van der Waals surface area contributed by atoms with Gasteiger partial charge in [-0.15, -0.1) is 0 Å². The molecule has 0 spiro atoms. The number of benzene rings is 3. The summed E-state index contributed by atoms with van der Waals surface area (Å²) in [5, 5.41) is 13.1. The molecule has 3 aromatic rings. The first kappa shape index (κ1) is 13.9. The van der Waals surface area contributed by atoms with Crippen LogP contribution in [0.4, 0.5) is 5.69 Å². The van der Waals surface area contributed by atoms with Crippen molar-refractivity contribution in [1.82, 2.24) is 0 Å². The van der Waals surface area contributed by atoms with E-state index < -0.39 is 0 Å². The molecule has 0 heterocycles. The molecular formula is C19H15NO2. The molecule has 0 saturated heterocycles. The summed E-state index contributed by atoms with van der Waals surface area (Å²) in [6, 6.07) is 22.7. The highest BCUT2D eigenvalue weighted by atomic mass is 16.3. The molecule has 3 rings (SSSR count). The molecule has 0 aliphatic carbocycles. The number of hydrogen-bond acceptors (Lipinski definition) is 2. The number of carbonyl (C=O) groups is 1. The molecule has 3 aromatic carbocycles. The zero-order valence-electron chi connectivity index (χ0n) is 11.9. The molecule has 3 nitrogen and oxygen atoms in total. The van der Waals surface area contributed by atoms with E-state index in [-0.39, 0.29) is 5.75 Å². The van der Waals surface area contributed by atoms with Crippen molar-refractivity contribution in [2.24, 2.45) is 0 Å². The fourth-order valence-corrected chi connectivity index (χ4v) is 2.48. The largest absolute Gasteiger partial charge is 0.507 e. The highest BCUT2D eigenvalue weighted by Gasteiger charge is 2.12. The van der Waals surface area contributed by atoms with Gasteiger partial charge in [0.05, 0.1) is 0 Å². The lowest BCUT2D eigenvalue weighted by Gasteiger charge is -2.13. The number of amides is 1. The maximum Gasteiger partial charge on any atom is 0.211 e. The molecule has 3 heteroatoms. The van der Waals surface area contributed by atoms with E-state index in [9.17, 15) is 9.90 Å². The van der Waals surface area contributed by atoms with Gasteiger partial charge in [0.25, 0.3) is 0 Å². The van der Waals surface area contributed by atoms with Gasteiger partial charge in [-0.3, -0.25) is 4.79 Å². The van der Waals surface area contributed by atoms with E-state index in [1.165, 1.54) is 0 Å². The second-order valence-corrected chi connectivity index (χ2v) is 4.91. The van der Waals surface area contributed by atoms with Crippen LogP contribution in [0.2, 0.25) is 0 Å². The Morgan fingerprint density at radius 2 is 1.32 bits per heavy atom. The monoisotopic (exact) mass is 289 g/mol. The van der Waals surface area contributed by atoms with Crippen molar-refractivity contribution in [1.29, 1.82) is 0 Å². The van der Waals surface area contributed by atoms with Crippen LogP contribution in [0, 0.1) is 0 Å². The van der Waals surface area contributed by atoms with Crippen molar-refractivity contribution in [2.45, 2.75) is 0 Å². The Bertz CT molecular complexity index is 783. The molecular weight excluding hydrogens is 274 g/mol. The van der Waals surface area contributed by atoms with E-state index >= 15 is 0 Å². The predicted molar refractivity (Wildman–Crippen MR) is 88.7 cm³/mol. The summed E-state index contributed by atoms with van der Waals surface area (Å²) in [5.74, 6) is 0.182. The van der Waals surface area contributed by atoms with Crippen molar-refractivity contribution in [3.8, 4) is 28.0 Å². The average Bonchev–Trinajstić information content (AvgIpc) is 2.58. The summed E-state index contributed by atoms with van der Waals surface area (Å²) in [6.07, 6.45) is 0.646. The van der Waals surface area contributed by atoms with Crippen molar-refractivity contribution >= 4 is 12.1 Å². The Balaban J connectivity index is 2.17.